The van der Waals surface area contributed by atoms with Crippen LogP contribution in [0, 0.1) is 13.8 Å². The Morgan fingerprint density at radius 1 is 1.00 bits per heavy atom. The molecule has 0 spiro atoms. The summed E-state index contributed by atoms with van der Waals surface area (Å²) in [7, 11) is -4.29. The van der Waals surface area contributed by atoms with Gasteiger partial charge in [0.15, 0.2) is 6.54 Å². The molecule has 2 aromatic carbocycles. The van der Waals surface area contributed by atoms with Crippen LogP contribution in [0.2, 0.25) is 0 Å². The molecular weight excluding hydrogens is 373 g/mol. The number of methoxy groups -OCH3 is 1. The lowest BCUT2D eigenvalue weighted by Crippen LogP contribution is -2.77. The maximum absolute atomic E-state index is 9.75. The minimum absolute atomic E-state index is 0.666. The molecule has 0 bridgehead atoms. The fourth-order valence-corrected chi connectivity index (χ4v) is 2.88. The summed E-state index contributed by atoms with van der Waals surface area (Å²) in [6.07, 6.45) is 0. The summed E-state index contributed by atoms with van der Waals surface area (Å²) < 4.78 is 50.3. The van der Waals surface area contributed by atoms with Crippen molar-refractivity contribution in [3.05, 3.63) is 65.0 Å². The highest BCUT2D eigenvalue weighted by molar-refractivity contribution is 6.50. The highest BCUT2D eigenvalue weighted by atomic mass is 19.5. The fourth-order valence-electron chi connectivity index (χ4n) is 2.88. The van der Waals surface area contributed by atoms with Crippen LogP contribution in [0.15, 0.2) is 52.9 Å². The number of nitrogens with one attached hydrogen (secondary N) is 1. The molecule has 0 aliphatic heterocycles. The van der Waals surface area contributed by atoms with Crippen molar-refractivity contribution >= 4 is 18.2 Å². The van der Waals surface area contributed by atoms with Gasteiger partial charge in [-0.15, -0.1) is 0 Å². The van der Waals surface area contributed by atoms with Gasteiger partial charge in [-0.1, -0.05) is 36.4 Å². The van der Waals surface area contributed by atoms with Crippen LogP contribution in [0.4, 0.5) is 17.3 Å². The van der Waals surface area contributed by atoms with Gasteiger partial charge in [0, 0.05) is 12.7 Å². The van der Waals surface area contributed by atoms with E-state index in [0.29, 0.717) is 6.61 Å². The van der Waals surface area contributed by atoms with Crippen molar-refractivity contribution in [3.63, 3.8) is 0 Å². The van der Waals surface area contributed by atoms with Crippen LogP contribution in [0.1, 0.15) is 11.1 Å². The number of hydrogen-bond donors (Lipinski definition) is 1. The summed E-state index contributed by atoms with van der Waals surface area (Å²) in [5, 5.41) is 2.21. The molecule has 0 aliphatic rings. The Bertz CT molecular complexity index is 979. The van der Waals surface area contributed by atoms with Gasteiger partial charge >= 0.3 is 7.25 Å². The molecule has 3 rings (SSSR count). The van der Waals surface area contributed by atoms with Crippen LogP contribution >= 0.6 is 0 Å². The molecule has 0 radical (unpaired) electrons. The topological polar surface area (TPSA) is 36.3 Å². The third-order valence-corrected chi connectivity index (χ3v) is 3.89. The van der Waals surface area contributed by atoms with E-state index in [1.165, 1.54) is 11.1 Å². The molecule has 0 fully saturated rings. The summed E-state index contributed by atoms with van der Waals surface area (Å²) in [5.74, 6) is 0.864. The van der Waals surface area contributed by atoms with Crippen molar-refractivity contribution in [2.24, 2.45) is 0 Å². The maximum Gasteiger partial charge on any atom is 0.673 e. The van der Waals surface area contributed by atoms with E-state index in [1.807, 2.05) is 18.2 Å². The smallest absolute Gasteiger partial charge is 0.456 e. The zero-order chi connectivity index (χ0) is 20.7. The van der Waals surface area contributed by atoms with Gasteiger partial charge in [0.2, 0.25) is 5.36 Å². The average Bonchev–Trinajstić information content (AvgIpc) is 2.60. The van der Waals surface area contributed by atoms with Crippen molar-refractivity contribution < 1.29 is 31.4 Å². The Balaban J connectivity index is 0.000000500. The van der Waals surface area contributed by atoms with Crippen LogP contribution in [0.3, 0.4) is 0 Å². The third kappa shape index (κ3) is 6.53. The van der Waals surface area contributed by atoms with Gasteiger partial charge in [-0.25, -0.2) is 4.99 Å². The number of halogens is 4. The summed E-state index contributed by atoms with van der Waals surface area (Å²) in [6, 6.07) is 16.5. The van der Waals surface area contributed by atoms with Crippen molar-refractivity contribution in [3.8, 4) is 11.3 Å². The monoisotopic (exact) mass is 395 g/mol. The molecule has 0 atom stereocenters. The summed E-state index contributed by atoms with van der Waals surface area (Å²) >= 11 is 0. The fraction of sp³-hybridized carbons (Fsp3) is 0.250. The zero-order valence-electron chi connectivity index (χ0n) is 15.9. The number of aryl methyl sites for hydroxylation is 2. The lowest BCUT2D eigenvalue weighted by Gasteiger charge is -2.06. The van der Waals surface area contributed by atoms with E-state index in [-0.39, 0.29) is 0 Å². The Kier molecular flexibility index (Phi) is 7.40. The molecule has 1 aromatic heterocycles. The lowest BCUT2D eigenvalue weighted by molar-refractivity contribution is -0.502. The van der Waals surface area contributed by atoms with Gasteiger partial charge in [0.25, 0.3) is 0 Å². The first-order valence-corrected chi connectivity index (χ1v) is 8.72. The molecule has 3 aromatic rings. The molecule has 0 saturated heterocycles. The second-order valence-electron chi connectivity index (χ2n) is 6.26. The standard InChI is InChI=1S/C20H21NO2.BF4/c1-14-11-15(2)20-17(21-9-10-22-3)13-18(23-19(20)12-14)16-7-5-4-6-8-16;2-1(3,4)5/h4-8,11-13H,9-10H2,1-3H3;/q;-1/p+1. The van der Waals surface area contributed by atoms with Gasteiger partial charge < -0.3 is 26.4 Å². The molecule has 3 nitrogen and oxygen atoms in total. The van der Waals surface area contributed by atoms with Gasteiger partial charge in [-0.3, -0.25) is 0 Å². The lowest BCUT2D eigenvalue weighted by atomic mass is 10.0. The van der Waals surface area contributed by atoms with Crippen molar-refractivity contribution in [1.29, 1.82) is 0 Å². The number of hydrogen-bond acceptors (Lipinski definition) is 2. The van der Waals surface area contributed by atoms with Crippen molar-refractivity contribution in [2.45, 2.75) is 13.8 Å². The van der Waals surface area contributed by atoms with Crippen LogP contribution in [-0.2, 0) is 4.74 Å². The predicted molar refractivity (Wildman–Crippen MR) is 102 cm³/mol. The number of ether oxygens (including phenoxy) is 1. The molecule has 0 saturated carbocycles. The van der Waals surface area contributed by atoms with Crippen LogP contribution in [0.5, 0.6) is 0 Å². The van der Waals surface area contributed by atoms with E-state index in [4.69, 9.17) is 9.15 Å². The number of rotatable bonds is 4. The van der Waals surface area contributed by atoms with E-state index in [9.17, 15) is 17.3 Å². The van der Waals surface area contributed by atoms with Gasteiger partial charge in [0.05, 0.1) is 11.5 Å². The van der Waals surface area contributed by atoms with Gasteiger partial charge in [0.1, 0.15) is 18.0 Å². The predicted octanol–water partition coefficient (Wildman–Crippen LogP) is 3.64. The molecule has 1 heterocycles. The average molecular weight is 395 g/mol. The minimum Gasteiger partial charge on any atom is -0.456 e. The van der Waals surface area contributed by atoms with Crippen LogP contribution in [-0.4, -0.2) is 27.5 Å². The van der Waals surface area contributed by atoms with E-state index >= 15 is 0 Å². The van der Waals surface area contributed by atoms with Crippen molar-refractivity contribution in [2.75, 3.05) is 20.3 Å². The first-order valence-electron chi connectivity index (χ1n) is 8.72. The third-order valence-electron chi connectivity index (χ3n) is 3.89. The minimum atomic E-state index is -6.00. The number of fused-ring (bicyclic) bond motifs is 1. The Morgan fingerprint density at radius 2 is 1.64 bits per heavy atom. The molecule has 8 heteroatoms. The van der Waals surface area contributed by atoms with Crippen molar-refractivity contribution in [1.82, 2.24) is 0 Å². The molecule has 150 valence electrons. The number of benzene rings is 2. The van der Waals surface area contributed by atoms with E-state index < -0.39 is 7.25 Å². The Morgan fingerprint density at radius 3 is 2.25 bits per heavy atom. The Labute approximate surface area is 160 Å². The molecule has 0 aliphatic carbocycles. The maximum atomic E-state index is 9.75. The summed E-state index contributed by atoms with van der Waals surface area (Å²) in [4.78, 5) is 3.47. The molecule has 1 N–H and O–H groups in total. The van der Waals surface area contributed by atoms with Gasteiger partial charge in [-0.2, -0.15) is 0 Å². The second kappa shape index (κ2) is 9.55. The summed E-state index contributed by atoms with van der Waals surface area (Å²) in [6.45, 7) is 5.64. The molecule has 28 heavy (non-hydrogen) atoms. The van der Waals surface area contributed by atoms with E-state index in [2.05, 4.69) is 49.2 Å². The van der Waals surface area contributed by atoms with E-state index in [1.54, 1.807) is 7.11 Å². The largest absolute Gasteiger partial charge is 0.673 e. The highest BCUT2D eigenvalue weighted by Gasteiger charge is 2.20. The van der Waals surface area contributed by atoms with E-state index in [0.717, 1.165) is 34.2 Å². The van der Waals surface area contributed by atoms with Crippen LogP contribution in [0.25, 0.3) is 22.3 Å². The Hall–Kier alpha value is -2.61. The first kappa shape index (κ1) is 21.7. The molecule has 0 unspecified atom stereocenters. The molecular formula is C20H22BF4NO2. The quantitative estimate of drug-likeness (QED) is 0.416. The van der Waals surface area contributed by atoms with Gasteiger partial charge in [-0.05, 0) is 31.0 Å². The normalized spacial score (nSPS) is 12.0. The SMILES string of the molecule is COCC[NH+]=c1cc(-c2ccccc2)oc2cc(C)cc(C)c12.F[B-](F)(F)F. The highest BCUT2D eigenvalue weighted by Crippen LogP contribution is 2.24. The zero-order valence-corrected chi connectivity index (χ0v) is 15.9. The van der Waals surface area contributed by atoms with Crippen LogP contribution < -0.4 is 10.3 Å². The molecule has 0 amide bonds. The first-order chi connectivity index (χ1) is 13.2. The second-order valence-corrected chi connectivity index (χ2v) is 6.26. The summed E-state index contributed by atoms with van der Waals surface area (Å²) in [5.41, 5.74) is 4.39.